The number of aromatic nitrogens is 2. The van der Waals surface area contributed by atoms with Gasteiger partial charge in [0.25, 0.3) is 0 Å². The Kier molecular flexibility index (Phi) is 3.48. The maximum Gasteiger partial charge on any atom is 0.146 e. The lowest BCUT2D eigenvalue weighted by Gasteiger charge is -2.03. The second-order valence-electron chi connectivity index (χ2n) is 4.31. The van der Waals surface area contributed by atoms with Crippen LogP contribution in [0.5, 0.6) is 11.5 Å². The van der Waals surface area contributed by atoms with Gasteiger partial charge in [0.1, 0.15) is 23.9 Å². The van der Waals surface area contributed by atoms with Gasteiger partial charge in [0.15, 0.2) is 0 Å². The third-order valence-electron chi connectivity index (χ3n) is 2.93. The fourth-order valence-electron chi connectivity index (χ4n) is 1.92. The minimum atomic E-state index is 0.374. The first-order chi connectivity index (χ1) is 9.74. The van der Waals surface area contributed by atoms with Gasteiger partial charge in [0.2, 0.25) is 0 Å². The Bertz CT molecular complexity index is 722. The summed E-state index contributed by atoms with van der Waals surface area (Å²) in [7, 11) is 1.64. The third kappa shape index (κ3) is 2.70. The van der Waals surface area contributed by atoms with Gasteiger partial charge in [-0.15, -0.1) is 0 Å². The molecule has 0 amide bonds. The van der Waals surface area contributed by atoms with Crippen molar-refractivity contribution < 1.29 is 9.47 Å². The largest absolute Gasteiger partial charge is 0.497 e. The van der Waals surface area contributed by atoms with Gasteiger partial charge >= 0.3 is 0 Å². The smallest absolute Gasteiger partial charge is 0.146 e. The molecule has 2 aromatic carbocycles. The highest BCUT2D eigenvalue weighted by Crippen LogP contribution is 2.20. The van der Waals surface area contributed by atoms with Crippen LogP contribution in [-0.4, -0.2) is 17.1 Å². The number of nitrogens with one attached hydrogen (secondary N) is 1. The molecule has 0 bridgehead atoms. The minimum Gasteiger partial charge on any atom is -0.497 e. The fraction of sp³-hybridized carbons (Fsp3) is 0.133. The maximum absolute atomic E-state index is 5.82. The zero-order valence-corrected chi connectivity index (χ0v) is 11.6. The second kappa shape index (κ2) is 5.43. The van der Waals surface area contributed by atoms with Crippen molar-refractivity contribution in [3.8, 4) is 11.5 Å². The number of nitrogens with zero attached hydrogens (tertiary/aromatic N) is 1. The Morgan fingerprint density at radius 2 is 1.85 bits per heavy atom. The van der Waals surface area contributed by atoms with Crippen molar-refractivity contribution in [2.24, 2.45) is 0 Å². The number of aromatic amines is 1. The summed E-state index contributed by atoms with van der Waals surface area (Å²) in [6.07, 6.45) is 0. The number of methoxy groups -OCH3 is 1. The van der Waals surface area contributed by atoms with E-state index in [1.165, 1.54) is 0 Å². The number of hydrogen-bond donors (Lipinski definition) is 1. The summed E-state index contributed by atoms with van der Waals surface area (Å²) in [6, 6.07) is 12.9. The molecule has 0 spiro atoms. The van der Waals surface area contributed by atoms with E-state index in [1.54, 1.807) is 19.2 Å². The molecule has 4 nitrogen and oxygen atoms in total. The van der Waals surface area contributed by atoms with Gasteiger partial charge in [-0.3, -0.25) is 0 Å². The Hall–Kier alpha value is -2.20. The van der Waals surface area contributed by atoms with Crippen LogP contribution in [0.2, 0.25) is 5.02 Å². The fourth-order valence-corrected chi connectivity index (χ4v) is 2.05. The van der Waals surface area contributed by atoms with Gasteiger partial charge in [-0.25, -0.2) is 4.98 Å². The van der Waals surface area contributed by atoms with Crippen molar-refractivity contribution >= 4 is 22.6 Å². The summed E-state index contributed by atoms with van der Waals surface area (Å²) in [4.78, 5) is 7.67. The number of fused-ring (bicyclic) bond motifs is 1. The van der Waals surface area contributed by atoms with E-state index in [9.17, 15) is 0 Å². The molecule has 3 aromatic rings. The SMILES string of the molecule is COc1ccc2nc(COc3ccc(Cl)cc3)[nH]c2c1. The van der Waals surface area contributed by atoms with Crippen LogP contribution in [-0.2, 0) is 6.61 Å². The van der Waals surface area contributed by atoms with Crippen molar-refractivity contribution in [1.29, 1.82) is 0 Å². The van der Waals surface area contributed by atoms with E-state index in [4.69, 9.17) is 21.1 Å². The van der Waals surface area contributed by atoms with E-state index in [2.05, 4.69) is 9.97 Å². The van der Waals surface area contributed by atoms with Crippen molar-refractivity contribution in [1.82, 2.24) is 9.97 Å². The molecule has 0 aliphatic rings. The quantitative estimate of drug-likeness (QED) is 0.794. The highest BCUT2D eigenvalue weighted by atomic mass is 35.5. The van der Waals surface area contributed by atoms with E-state index >= 15 is 0 Å². The predicted molar refractivity (Wildman–Crippen MR) is 78.4 cm³/mol. The lowest BCUT2D eigenvalue weighted by molar-refractivity contribution is 0.297. The number of ether oxygens (including phenoxy) is 2. The zero-order valence-electron chi connectivity index (χ0n) is 10.9. The van der Waals surface area contributed by atoms with Crippen LogP contribution in [0.25, 0.3) is 11.0 Å². The van der Waals surface area contributed by atoms with Gasteiger partial charge in [-0.1, -0.05) is 11.6 Å². The Balaban J connectivity index is 1.75. The zero-order chi connectivity index (χ0) is 13.9. The van der Waals surface area contributed by atoms with E-state index in [0.29, 0.717) is 11.6 Å². The molecule has 0 saturated heterocycles. The summed E-state index contributed by atoms with van der Waals surface area (Å²) in [6.45, 7) is 0.374. The molecule has 0 aliphatic carbocycles. The summed E-state index contributed by atoms with van der Waals surface area (Å²) < 4.78 is 10.8. The number of rotatable bonds is 4. The first-order valence-electron chi connectivity index (χ1n) is 6.15. The van der Waals surface area contributed by atoms with Crippen LogP contribution in [0, 0.1) is 0 Å². The first-order valence-corrected chi connectivity index (χ1v) is 6.53. The Morgan fingerprint density at radius 3 is 2.60 bits per heavy atom. The lowest BCUT2D eigenvalue weighted by atomic mass is 10.3. The van der Waals surface area contributed by atoms with Crippen LogP contribution >= 0.6 is 11.6 Å². The topological polar surface area (TPSA) is 47.1 Å². The average molecular weight is 289 g/mol. The molecule has 0 unspecified atom stereocenters. The van der Waals surface area contributed by atoms with E-state index in [1.807, 2.05) is 30.3 Å². The van der Waals surface area contributed by atoms with Crippen LogP contribution in [0.3, 0.4) is 0 Å². The summed E-state index contributed by atoms with van der Waals surface area (Å²) >= 11 is 5.82. The van der Waals surface area contributed by atoms with Crippen LogP contribution < -0.4 is 9.47 Å². The van der Waals surface area contributed by atoms with Crippen molar-refractivity contribution in [3.05, 3.63) is 53.3 Å². The summed E-state index contributed by atoms with van der Waals surface area (Å²) in [5.41, 5.74) is 1.82. The first kappa shape index (κ1) is 12.8. The molecule has 3 rings (SSSR count). The minimum absolute atomic E-state index is 0.374. The predicted octanol–water partition coefficient (Wildman–Crippen LogP) is 3.80. The molecular formula is C15H13ClN2O2. The van der Waals surface area contributed by atoms with E-state index in [-0.39, 0.29) is 0 Å². The molecule has 0 fully saturated rings. The van der Waals surface area contributed by atoms with Gasteiger partial charge < -0.3 is 14.5 Å². The molecule has 0 atom stereocenters. The second-order valence-corrected chi connectivity index (χ2v) is 4.75. The number of benzene rings is 2. The number of hydrogen-bond acceptors (Lipinski definition) is 3. The van der Waals surface area contributed by atoms with Crippen LogP contribution in [0.15, 0.2) is 42.5 Å². The van der Waals surface area contributed by atoms with E-state index < -0.39 is 0 Å². The van der Waals surface area contributed by atoms with Crippen molar-refractivity contribution in [2.75, 3.05) is 7.11 Å². The Labute approximate surface area is 121 Å². The van der Waals surface area contributed by atoms with Gasteiger partial charge in [-0.05, 0) is 36.4 Å². The molecule has 20 heavy (non-hydrogen) atoms. The van der Waals surface area contributed by atoms with Crippen molar-refractivity contribution in [3.63, 3.8) is 0 Å². The van der Waals surface area contributed by atoms with Gasteiger partial charge in [0, 0.05) is 11.1 Å². The van der Waals surface area contributed by atoms with Gasteiger partial charge in [0.05, 0.1) is 18.1 Å². The standard InChI is InChI=1S/C15H13ClN2O2/c1-19-12-6-7-13-14(8-12)18-15(17-13)9-20-11-4-2-10(16)3-5-11/h2-8H,9H2,1H3,(H,17,18). The van der Waals surface area contributed by atoms with E-state index in [0.717, 1.165) is 28.4 Å². The van der Waals surface area contributed by atoms with Crippen LogP contribution in [0.4, 0.5) is 0 Å². The molecule has 102 valence electrons. The molecule has 1 aromatic heterocycles. The number of halogens is 1. The highest BCUT2D eigenvalue weighted by molar-refractivity contribution is 6.30. The third-order valence-corrected chi connectivity index (χ3v) is 3.18. The number of H-pyrrole nitrogens is 1. The highest BCUT2D eigenvalue weighted by Gasteiger charge is 2.05. The van der Waals surface area contributed by atoms with Gasteiger partial charge in [-0.2, -0.15) is 0 Å². The maximum atomic E-state index is 5.82. The molecular weight excluding hydrogens is 276 g/mol. The monoisotopic (exact) mass is 288 g/mol. The molecule has 5 heteroatoms. The molecule has 1 N–H and O–H groups in total. The average Bonchev–Trinajstić information content (AvgIpc) is 2.88. The molecule has 1 heterocycles. The van der Waals surface area contributed by atoms with Crippen molar-refractivity contribution in [2.45, 2.75) is 6.61 Å². The molecule has 0 radical (unpaired) electrons. The summed E-state index contributed by atoms with van der Waals surface area (Å²) in [5.74, 6) is 2.32. The molecule has 0 saturated carbocycles. The normalized spacial score (nSPS) is 10.7. The summed E-state index contributed by atoms with van der Waals surface area (Å²) in [5, 5.41) is 0.688. The van der Waals surface area contributed by atoms with Crippen LogP contribution in [0.1, 0.15) is 5.82 Å². The number of imidazole rings is 1. The Morgan fingerprint density at radius 1 is 1.10 bits per heavy atom. The molecule has 0 aliphatic heterocycles. The lowest BCUT2D eigenvalue weighted by Crippen LogP contribution is -1.97.